The SMILES string of the molecule is CCCCC(N)C(=O)Nc1ccc(Sc2ncn[nH]2)cc1. The van der Waals surface area contributed by atoms with Crippen molar-refractivity contribution >= 4 is 23.4 Å². The number of nitrogens with zero attached hydrogens (tertiary/aromatic N) is 2. The van der Waals surface area contributed by atoms with Crippen LogP contribution in [0.5, 0.6) is 0 Å². The molecular formula is C14H19N5OS. The number of amides is 1. The van der Waals surface area contributed by atoms with Crippen molar-refractivity contribution in [2.24, 2.45) is 5.73 Å². The molecule has 7 heteroatoms. The van der Waals surface area contributed by atoms with E-state index in [9.17, 15) is 4.79 Å². The normalized spacial score (nSPS) is 12.1. The zero-order valence-electron chi connectivity index (χ0n) is 11.9. The number of hydrogen-bond donors (Lipinski definition) is 3. The molecule has 0 radical (unpaired) electrons. The predicted molar refractivity (Wildman–Crippen MR) is 83.1 cm³/mol. The molecule has 1 unspecified atom stereocenters. The molecule has 6 nitrogen and oxygen atoms in total. The van der Waals surface area contributed by atoms with Gasteiger partial charge in [0, 0.05) is 10.6 Å². The number of rotatable bonds is 7. The second kappa shape index (κ2) is 7.80. The van der Waals surface area contributed by atoms with Gasteiger partial charge in [-0.1, -0.05) is 31.5 Å². The maximum Gasteiger partial charge on any atom is 0.241 e. The largest absolute Gasteiger partial charge is 0.325 e. The molecule has 2 aromatic rings. The number of hydrogen-bond acceptors (Lipinski definition) is 5. The van der Waals surface area contributed by atoms with Gasteiger partial charge in [0.05, 0.1) is 6.04 Å². The molecule has 0 saturated heterocycles. The first kappa shape index (κ1) is 15.5. The van der Waals surface area contributed by atoms with Crippen LogP contribution in [0.1, 0.15) is 26.2 Å². The third kappa shape index (κ3) is 4.87. The molecule has 0 bridgehead atoms. The van der Waals surface area contributed by atoms with Crippen molar-refractivity contribution in [1.82, 2.24) is 15.2 Å². The van der Waals surface area contributed by atoms with Crippen molar-refractivity contribution in [2.45, 2.75) is 42.3 Å². The van der Waals surface area contributed by atoms with Crippen LogP contribution in [-0.2, 0) is 4.79 Å². The highest BCUT2D eigenvalue weighted by Gasteiger charge is 2.12. The highest BCUT2D eigenvalue weighted by Crippen LogP contribution is 2.25. The second-order valence-corrected chi connectivity index (χ2v) is 5.72. The zero-order valence-corrected chi connectivity index (χ0v) is 12.7. The Morgan fingerprint density at radius 3 is 2.81 bits per heavy atom. The Kier molecular flexibility index (Phi) is 5.77. The van der Waals surface area contributed by atoms with Crippen molar-refractivity contribution in [2.75, 3.05) is 5.32 Å². The molecule has 0 saturated carbocycles. The summed E-state index contributed by atoms with van der Waals surface area (Å²) in [6.45, 7) is 2.08. The fourth-order valence-electron chi connectivity index (χ4n) is 1.75. The summed E-state index contributed by atoms with van der Waals surface area (Å²) in [5.74, 6) is -0.140. The van der Waals surface area contributed by atoms with E-state index in [0.29, 0.717) is 6.42 Å². The van der Waals surface area contributed by atoms with E-state index in [4.69, 9.17) is 5.73 Å². The Hall–Kier alpha value is -1.86. The van der Waals surface area contributed by atoms with Gasteiger partial charge >= 0.3 is 0 Å². The standard InChI is InChI=1S/C14H19N5OS/c1-2-3-4-12(15)13(20)18-10-5-7-11(8-6-10)21-14-16-9-17-19-14/h5-9,12H,2-4,15H2,1H3,(H,18,20)(H,16,17,19). The van der Waals surface area contributed by atoms with Crippen LogP contribution in [0.3, 0.4) is 0 Å². The summed E-state index contributed by atoms with van der Waals surface area (Å²) >= 11 is 1.47. The van der Waals surface area contributed by atoms with E-state index in [2.05, 4.69) is 27.4 Å². The average Bonchev–Trinajstić information content (AvgIpc) is 2.99. The summed E-state index contributed by atoms with van der Waals surface area (Å²) in [6, 6.07) is 7.08. The number of aromatic amines is 1. The molecule has 21 heavy (non-hydrogen) atoms. The van der Waals surface area contributed by atoms with Crippen LogP contribution >= 0.6 is 11.8 Å². The predicted octanol–water partition coefficient (Wildman–Crippen LogP) is 2.41. The maximum absolute atomic E-state index is 11.9. The second-order valence-electron chi connectivity index (χ2n) is 4.66. The Morgan fingerprint density at radius 1 is 1.43 bits per heavy atom. The van der Waals surface area contributed by atoms with E-state index >= 15 is 0 Å². The molecule has 0 aliphatic rings. The lowest BCUT2D eigenvalue weighted by atomic mass is 10.1. The van der Waals surface area contributed by atoms with Gasteiger partial charge in [-0.15, -0.1) is 0 Å². The van der Waals surface area contributed by atoms with E-state index in [1.165, 1.54) is 18.1 Å². The number of anilines is 1. The lowest BCUT2D eigenvalue weighted by Gasteiger charge is -2.11. The lowest BCUT2D eigenvalue weighted by Crippen LogP contribution is -2.35. The number of unbranched alkanes of at least 4 members (excludes halogenated alkanes) is 1. The van der Waals surface area contributed by atoms with Gasteiger partial charge in [0.2, 0.25) is 5.91 Å². The van der Waals surface area contributed by atoms with Crippen molar-refractivity contribution in [1.29, 1.82) is 0 Å². The van der Waals surface area contributed by atoms with Crippen LogP contribution in [0, 0.1) is 0 Å². The third-order valence-electron chi connectivity index (χ3n) is 2.93. The minimum absolute atomic E-state index is 0.140. The van der Waals surface area contributed by atoms with Crippen molar-refractivity contribution in [3.8, 4) is 0 Å². The van der Waals surface area contributed by atoms with Crippen LogP contribution in [0.4, 0.5) is 5.69 Å². The van der Waals surface area contributed by atoms with Crippen LogP contribution in [0.15, 0.2) is 40.6 Å². The highest BCUT2D eigenvalue weighted by molar-refractivity contribution is 7.99. The van der Waals surface area contributed by atoms with Gasteiger partial charge in [0.1, 0.15) is 6.33 Å². The van der Waals surface area contributed by atoms with Gasteiger partial charge in [0.25, 0.3) is 0 Å². The Bertz CT molecular complexity index is 555. The van der Waals surface area contributed by atoms with E-state index in [-0.39, 0.29) is 5.91 Å². The van der Waals surface area contributed by atoms with E-state index in [1.54, 1.807) is 0 Å². The average molecular weight is 305 g/mol. The molecule has 1 heterocycles. The summed E-state index contributed by atoms with van der Waals surface area (Å²) in [5, 5.41) is 10.1. The van der Waals surface area contributed by atoms with Crippen molar-refractivity contribution in [3.05, 3.63) is 30.6 Å². The topological polar surface area (TPSA) is 96.7 Å². The van der Waals surface area contributed by atoms with E-state index in [1.807, 2.05) is 24.3 Å². The number of benzene rings is 1. The van der Waals surface area contributed by atoms with Crippen LogP contribution in [-0.4, -0.2) is 27.1 Å². The first-order chi connectivity index (χ1) is 10.2. The van der Waals surface area contributed by atoms with Gasteiger partial charge in [-0.2, -0.15) is 5.10 Å². The monoisotopic (exact) mass is 305 g/mol. The van der Waals surface area contributed by atoms with Gasteiger partial charge < -0.3 is 11.1 Å². The molecule has 2 rings (SSSR count). The van der Waals surface area contributed by atoms with Crippen LogP contribution < -0.4 is 11.1 Å². The minimum atomic E-state index is -0.451. The fourth-order valence-corrected chi connectivity index (χ4v) is 2.45. The van der Waals surface area contributed by atoms with Crippen molar-refractivity contribution in [3.63, 3.8) is 0 Å². The highest BCUT2D eigenvalue weighted by atomic mass is 32.2. The quantitative estimate of drug-likeness (QED) is 0.730. The Balaban J connectivity index is 1.88. The molecule has 4 N–H and O–H groups in total. The number of nitrogens with two attached hydrogens (primary N) is 1. The summed E-state index contributed by atoms with van der Waals surface area (Å²) < 4.78 is 0. The molecule has 0 fully saturated rings. The minimum Gasteiger partial charge on any atom is -0.325 e. The summed E-state index contributed by atoms with van der Waals surface area (Å²) in [4.78, 5) is 17.0. The number of carbonyl (C=O) groups is 1. The van der Waals surface area contributed by atoms with E-state index in [0.717, 1.165) is 28.6 Å². The molecule has 1 atom stereocenters. The number of carbonyl (C=O) groups excluding carboxylic acids is 1. The molecular weight excluding hydrogens is 286 g/mol. The molecule has 1 amide bonds. The van der Waals surface area contributed by atoms with E-state index < -0.39 is 6.04 Å². The number of nitrogens with one attached hydrogen (secondary N) is 2. The first-order valence-corrected chi connectivity index (χ1v) is 7.70. The molecule has 0 aliphatic carbocycles. The molecule has 112 valence electrons. The van der Waals surface area contributed by atoms with Gasteiger partial charge in [0.15, 0.2) is 5.16 Å². The number of H-pyrrole nitrogens is 1. The van der Waals surface area contributed by atoms with Crippen LogP contribution in [0.25, 0.3) is 0 Å². The molecule has 1 aromatic carbocycles. The maximum atomic E-state index is 11.9. The summed E-state index contributed by atoms with van der Waals surface area (Å²) in [7, 11) is 0. The summed E-state index contributed by atoms with van der Waals surface area (Å²) in [5.41, 5.74) is 6.58. The van der Waals surface area contributed by atoms with Gasteiger partial charge in [-0.05, 0) is 30.7 Å². The summed E-state index contributed by atoms with van der Waals surface area (Å²) in [6.07, 6.45) is 4.17. The smallest absolute Gasteiger partial charge is 0.241 e. The Labute approximate surface area is 127 Å². The number of aromatic nitrogens is 3. The van der Waals surface area contributed by atoms with Crippen molar-refractivity contribution < 1.29 is 4.79 Å². The molecule has 1 aromatic heterocycles. The van der Waals surface area contributed by atoms with Crippen LogP contribution in [0.2, 0.25) is 0 Å². The molecule has 0 aliphatic heterocycles. The zero-order chi connectivity index (χ0) is 15.1. The fraction of sp³-hybridized carbons (Fsp3) is 0.357. The third-order valence-corrected chi connectivity index (χ3v) is 3.83. The van der Waals surface area contributed by atoms with Gasteiger partial charge in [-0.25, -0.2) is 4.98 Å². The Morgan fingerprint density at radius 2 is 2.19 bits per heavy atom. The van der Waals surface area contributed by atoms with Gasteiger partial charge in [-0.3, -0.25) is 9.89 Å². The lowest BCUT2D eigenvalue weighted by molar-refractivity contribution is -0.117. The molecule has 0 spiro atoms. The first-order valence-electron chi connectivity index (χ1n) is 6.88.